The fourth-order valence-electron chi connectivity index (χ4n) is 1.18. The van der Waals surface area contributed by atoms with Gasteiger partial charge in [0.1, 0.15) is 0 Å². The number of anilines is 1. The van der Waals surface area contributed by atoms with Crippen molar-refractivity contribution in [3.05, 3.63) is 29.3 Å². The minimum atomic E-state index is 0.381. The fraction of sp³-hybridized carbons (Fsp3) is 0.500. The average molecular weight is 212 g/mol. The van der Waals surface area contributed by atoms with Crippen molar-refractivity contribution in [3.8, 4) is 0 Å². The van der Waals surface area contributed by atoms with Gasteiger partial charge in [-0.1, -0.05) is 38.4 Å². The molecule has 0 unspecified atom stereocenters. The molecular weight excluding hydrogens is 194 g/mol. The van der Waals surface area contributed by atoms with Crippen LogP contribution >= 0.6 is 11.6 Å². The van der Waals surface area contributed by atoms with Gasteiger partial charge in [-0.05, 0) is 30.0 Å². The van der Waals surface area contributed by atoms with Crippen LogP contribution in [0.4, 0.5) is 5.69 Å². The monoisotopic (exact) mass is 211 g/mol. The lowest BCUT2D eigenvalue weighted by molar-refractivity contribution is 0.390. The first kappa shape index (κ1) is 11.4. The summed E-state index contributed by atoms with van der Waals surface area (Å²) in [5.41, 5.74) is 1.48. The third-order valence-electron chi connectivity index (χ3n) is 2.03. The maximum absolute atomic E-state index is 5.87. The Hall–Kier alpha value is -0.690. The molecular formula is C12H18ClN. The molecule has 0 aliphatic carbocycles. The quantitative estimate of drug-likeness (QED) is 0.791. The fourth-order valence-corrected chi connectivity index (χ4v) is 1.37. The van der Waals surface area contributed by atoms with E-state index in [9.17, 15) is 0 Å². The topological polar surface area (TPSA) is 12.0 Å². The van der Waals surface area contributed by atoms with Gasteiger partial charge in [0.2, 0.25) is 0 Å². The van der Waals surface area contributed by atoms with Gasteiger partial charge in [0.15, 0.2) is 0 Å². The lowest BCUT2D eigenvalue weighted by Gasteiger charge is -2.18. The molecule has 2 heteroatoms. The van der Waals surface area contributed by atoms with E-state index in [-0.39, 0.29) is 0 Å². The van der Waals surface area contributed by atoms with E-state index in [0.717, 1.165) is 23.7 Å². The number of hydrogen-bond donors (Lipinski definition) is 1. The Bertz CT molecular complexity index is 289. The Kier molecular flexibility index (Phi) is 3.82. The zero-order valence-corrected chi connectivity index (χ0v) is 9.86. The van der Waals surface area contributed by atoms with E-state index in [1.165, 1.54) is 0 Å². The first-order valence-corrected chi connectivity index (χ1v) is 5.35. The predicted octanol–water partition coefficient (Wildman–Crippen LogP) is 4.19. The zero-order valence-electron chi connectivity index (χ0n) is 9.10. The van der Waals surface area contributed by atoms with Crippen molar-refractivity contribution in [2.75, 3.05) is 11.9 Å². The summed E-state index contributed by atoms with van der Waals surface area (Å²) in [6.07, 6.45) is 1.15. The van der Waals surface area contributed by atoms with Gasteiger partial charge < -0.3 is 5.32 Å². The second kappa shape index (κ2) is 4.70. The summed E-state index contributed by atoms with van der Waals surface area (Å²) in [5.74, 6) is 0. The standard InChI is InChI=1S/C12H18ClN/c1-12(2,3)7-8-14-11-6-4-5-10(13)9-11/h4-6,9,14H,7-8H2,1-3H3. The maximum atomic E-state index is 5.87. The van der Waals surface area contributed by atoms with Crippen LogP contribution in [-0.2, 0) is 0 Å². The number of nitrogens with one attached hydrogen (secondary N) is 1. The predicted molar refractivity (Wildman–Crippen MR) is 64.0 cm³/mol. The van der Waals surface area contributed by atoms with E-state index in [4.69, 9.17) is 11.6 Å². The van der Waals surface area contributed by atoms with Crippen molar-refractivity contribution in [2.45, 2.75) is 27.2 Å². The van der Waals surface area contributed by atoms with Gasteiger partial charge in [0.25, 0.3) is 0 Å². The Balaban J connectivity index is 2.39. The first-order valence-electron chi connectivity index (χ1n) is 4.97. The van der Waals surface area contributed by atoms with Gasteiger partial charge in [-0.25, -0.2) is 0 Å². The molecule has 1 nitrogen and oxygen atoms in total. The molecule has 0 heterocycles. The molecule has 1 rings (SSSR count). The van der Waals surface area contributed by atoms with Crippen LogP contribution in [0.2, 0.25) is 5.02 Å². The van der Waals surface area contributed by atoms with Gasteiger partial charge in [0, 0.05) is 17.3 Å². The van der Waals surface area contributed by atoms with Crippen molar-refractivity contribution in [3.63, 3.8) is 0 Å². The van der Waals surface area contributed by atoms with Crippen LogP contribution in [0.25, 0.3) is 0 Å². The average Bonchev–Trinajstić information content (AvgIpc) is 2.01. The van der Waals surface area contributed by atoms with Crippen molar-refractivity contribution >= 4 is 17.3 Å². The summed E-state index contributed by atoms with van der Waals surface area (Å²) in [4.78, 5) is 0. The number of rotatable bonds is 3. The molecule has 1 aromatic carbocycles. The van der Waals surface area contributed by atoms with E-state index in [1.54, 1.807) is 0 Å². The van der Waals surface area contributed by atoms with Crippen molar-refractivity contribution in [1.82, 2.24) is 0 Å². The molecule has 1 aromatic rings. The van der Waals surface area contributed by atoms with Crippen molar-refractivity contribution in [1.29, 1.82) is 0 Å². The number of hydrogen-bond acceptors (Lipinski definition) is 1. The van der Waals surface area contributed by atoms with Crippen molar-refractivity contribution < 1.29 is 0 Å². The molecule has 0 saturated heterocycles. The summed E-state index contributed by atoms with van der Waals surface area (Å²) in [5, 5.41) is 4.14. The molecule has 0 aliphatic heterocycles. The normalized spacial score (nSPS) is 11.4. The highest BCUT2D eigenvalue weighted by atomic mass is 35.5. The van der Waals surface area contributed by atoms with Crippen molar-refractivity contribution in [2.24, 2.45) is 5.41 Å². The maximum Gasteiger partial charge on any atom is 0.0426 e. The second-order valence-corrected chi connectivity index (χ2v) is 5.18. The van der Waals surface area contributed by atoms with E-state index in [1.807, 2.05) is 24.3 Å². The molecule has 0 aliphatic rings. The molecule has 78 valence electrons. The lowest BCUT2D eigenvalue weighted by atomic mass is 9.92. The van der Waals surface area contributed by atoms with Crippen LogP contribution in [0.15, 0.2) is 24.3 Å². The lowest BCUT2D eigenvalue weighted by Crippen LogP contribution is -2.12. The molecule has 0 spiro atoms. The Labute approximate surface area is 91.5 Å². The highest BCUT2D eigenvalue weighted by Gasteiger charge is 2.08. The second-order valence-electron chi connectivity index (χ2n) is 4.75. The first-order chi connectivity index (χ1) is 6.47. The van der Waals surface area contributed by atoms with Gasteiger partial charge in [0.05, 0.1) is 0 Å². The highest BCUT2D eigenvalue weighted by molar-refractivity contribution is 6.30. The summed E-state index contributed by atoms with van der Waals surface area (Å²) >= 11 is 5.87. The van der Waals surface area contributed by atoms with Gasteiger partial charge in [-0.2, -0.15) is 0 Å². The summed E-state index contributed by atoms with van der Waals surface area (Å²) in [7, 11) is 0. The van der Waals surface area contributed by atoms with Crippen LogP contribution < -0.4 is 5.32 Å². The minimum absolute atomic E-state index is 0.381. The molecule has 0 bridgehead atoms. The van der Waals surface area contributed by atoms with E-state index in [2.05, 4.69) is 26.1 Å². The molecule has 0 amide bonds. The summed E-state index contributed by atoms with van der Waals surface area (Å²) in [6, 6.07) is 7.83. The molecule has 0 fully saturated rings. The smallest absolute Gasteiger partial charge is 0.0426 e. The third kappa shape index (κ3) is 4.52. The molecule has 0 radical (unpaired) electrons. The Morgan fingerprint density at radius 1 is 1.29 bits per heavy atom. The molecule has 0 aromatic heterocycles. The molecule has 14 heavy (non-hydrogen) atoms. The van der Waals surface area contributed by atoms with E-state index >= 15 is 0 Å². The summed E-state index contributed by atoms with van der Waals surface area (Å²) in [6.45, 7) is 7.72. The van der Waals surface area contributed by atoms with Crippen LogP contribution in [-0.4, -0.2) is 6.54 Å². The Morgan fingerprint density at radius 2 is 2.00 bits per heavy atom. The van der Waals surface area contributed by atoms with Crippen LogP contribution in [0, 0.1) is 5.41 Å². The third-order valence-corrected chi connectivity index (χ3v) is 2.26. The van der Waals surface area contributed by atoms with E-state index < -0.39 is 0 Å². The van der Waals surface area contributed by atoms with Crippen LogP contribution in [0.1, 0.15) is 27.2 Å². The van der Waals surface area contributed by atoms with Gasteiger partial charge in [-0.15, -0.1) is 0 Å². The van der Waals surface area contributed by atoms with Gasteiger partial charge >= 0.3 is 0 Å². The molecule has 0 atom stereocenters. The van der Waals surface area contributed by atoms with E-state index in [0.29, 0.717) is 5.41 Å². The molecule has 0 saturated carbocycles. The highest BCUT2D eigenvalue weighted by Crippen LogP contribution is 2.19. The Morgan fingerprint density at radius 3 is 2.57 bits per heavy atom. The largest absolute Gasteiger partial charge is 0.385 e. The minimum Gasteiger partial charge on any atom is -0.385 e. The number of halogens is 1. The van der Waals surface area contributed by atoms with Crippen LogP contribution in [0.3, 0.4) is 0 Å². The summed E-state index contributed by atoms with van der Waals surface area (Å²) < 4.78 is 0. The zero-order chi connectivity index (χ0) is 10.6. The number of benzene rings is 1. The SMILES string of the molecule is CC(C)(C)CCNc1cccc(Cl)c1. The molecule has 1 N–H and O–H groups in total. The van der Waals surface area contributed by atoms with Gasteiger partial charge in [-0.3, -0.25) is 0 Å². The van der Waals surface area contributed by atoms with Crippen LogP contribution in [0.5, 0.6) is 0 Å².